The van der Waals surface area contributed by atoms with Crippen LogP contribution in [0, 0.1) is 21.4 Å². The molecule has 0 aliphatic heterocycles. The van der Waals surface area contributed by atoms with Crippen LogP contribution in [0.2, 0.25) is 0 Å². The highest BCUT2D eigenvalue weighted by atomic mass is 16.6. The van der Waals surface area contributed by atoms with E-state index in [0.717, 1.165) is 19.3 Å². The van der Waals surface area contributed by atoms with Gasteiger partial charge in [-0.25, -0.2) is 4.79 Å². The standard InChI is InChI=1S/C17H24N2O5/c1-11-6-12(9-17(2,3)8-11)18-14-5-4-13(24-10-16(20)21)7-15(14)19(22)23/h4-5,7,11-12,18H,6,8-10H2,1-3H3,(H,20,21). The summed E-state index contributed by atoms with van der Waals surface area (Å²) in [6.07, 6.45) is 3.07. The molecule has 1 aliphatic rings. The summed E-state index contributed by atoms with van der Waals surface area (Å²) in [7, 11) is 0. The Labute approximate surface area is 141 Å². The van der Waals surface area contributed by atoms with Crippen LogP contribution in [0.3, 0.4) is 0 Å². The van der Waals surface area contributed by atoms with Crippen LogP contribution in [-0.4, -0.2) is 28.6 Å². The first kappa shape index (κ1) is 18.0. The molecule has 24 heavy (non-hydrogen) atoms. The number of aliphatic carboxylic acids is 1. The molecular formula is C17H24N2O5. The number of nitro groups is 1. The van der Waals surface area contributed by atoms with Crippen LogP contribution in [-0.2, 0) is 4.79 Å². The Bertz CT molecular complexity index is 629. The van der Waals surface area contributed by atoms with Gasteiger partial charge in [0.1, 0.15) is 11.4 Å². The Morgan fingerprint density at radius 3 is 2.75 bits per heavy atom. The fraction of sp³-hybridized carbons (Fsp3) is 0.588. The summed E-state index contributed by atoms with van der Waals surface area (Å²) in [4.78, 5) is 21.4. The lowest BCUT2D eigenvalue weighted by Gasteiger charge is -2.39. The topological polar surface area (TPSA) is 102 Å². The average molecular weight is 336 g/mol. The van der Waals surface area contributed by atoms with Crippen molar-refractivity contribution >= 4 is 17.3 Å². The fourth-order valence-corrected chi connectivity index (χ4v) is 3.70. The van der Waals surface area contributed by atoms with Gasteiger partial charge in [-0.15, -0.1) is 0 Å². The van der Waals surface area contributed by atoms with E-state index in [4.69, 9.17) is 9.84 Å². The number of anilines is 1. The molecule has 1 fully saturated rings. The highest BCUT2D eigenvalue weighted by Gasteiger charge is 2.32. The molecule has 1 aromatic rings. The Morgan fingerprint density at radius 2 is 2.17 bits per heavy atom. The van der Waals surface area contributed by atoms with Crippen molar-refractivity contribution in [3.8, 4) is 5.75 Å². The lowest BCUT2D eigenvalue weighted by molar-refractivity contribution is -0.384. The van der Waals surface area contributed by atoms with Gasteiger partial charge < -0.3 is 15.2 Å². The molecule has 2 N–H and O–H groups in total. The van der Waals surface area contributed by atoms with E-state index in [0.29, 0.717) is 11.6 Å². The molecule has 0 amide bonds. The third kappa shape index (κ3) is 4.84. The number of carbonyl (C=O) groups is 1. The molecule has 1 saturated carbocycles. The second-order valence-corrected chi connectivity index (χ2v) is 7.37. The Morgan fingerprint density at radius 1 is 1.46 bits per heavy atom. The normalized spacial score (nSPS) is 22.6. The molecule has 2 rings (SSSR count). The maximum Gasteiger partial charge on any atom is 0.341 e. The van der Waals surface area contributed by atoms with E-state index in [2.05, 4.69) is 26.1 Å². The van der Waals surface area contributed by atoms with Crippen molar-refractivity contribution in [1.82, 2.24) is 0 Å². The van der Waals surface area contributed by atoms with E-state index in [1.165, 1.54) is 6.07 Å². The number of hydrogen-bond acceptors (Lipinski definition) is 5. The predicted octanol–water partition coefficient (Wildman–Crippen LogP) is 3.68. The maximum absolute atomic E-state index is 11.3. The fourth-order valence-electron chi connectivity index (χ4n) is 3.70. The van der Waals surface area contributed by atoms with Gasteiger partial charge in [-0.3, -0.25) is 10.1 Å². The number of carboxylic acids is 1. The van der Waals surface area contributed by atoms with Gasteiger partial charge in [0, 0.05) is 6.04 Å². The maximum atomic E-state index is 11.3. The monoisotopic (exact) mass is 336 g/mol. The van der Waals surface area contributed by atoms with Gasteiger partial charge in [-0.1, -0.05) is 20.8 Å². The number of rotatable bonds is 6. The summed E-state index contributed by atoms with van der Waals surface area (Å²) in [5.41, 5.74) is 0.542. The van der Waals surface area contributed by atoms with E-state index < -0.39 is 17.5 Å². The van der Waals surface area contributed by atoms with Crippen LogP contribution in [0.15, 0.2) is 18.2 Å². The zero-order valence-corrected chi connectivity index (χ0v) is 14.2. The number of benzene rings is 1. The lowest BCUT2D eigenvalue weighted by Crippen LogP contribution is -2.35. The molecule has 7 heteroatoms. The van der Waals surface area contributed by atoms with Crippen molar-refractivity contribution in [2.24, 2.45) is 11.3 Å². The second kappa shape index (κ2) is 7.07. The van der Waals surface area contributed by atoms with Crippen molar-refractivity contribution in [3.63, 3.8) is 0 Å². The SMILES string of the molecule is CC1CC(Nc2ccc(OCC(=O)O)cc2[N+](=O)[O-])CC(C)(C)C1. The molecule has 0 heterocycles. The summed E-state index contributed by atoms with van der Waals surface area (Å²) in [6.45, 7) is 6.11. The van der Waals surface area contributed by atoms with E-state index in [1.807, 2.05) is 0 Å². The van der Waals surface area contributed by atoms with Gasteiger partial charge in [-0.2, -0.15) is 0 Å². The van der Waals surface area contributed by atoms with Gasteiger partial charge in [0.15, 0.2) is 6.61 Å². The van der Waals surface area contributed by atoms with Crippen LogP contribution in [0.1, 0.15) is 40.0 Å². The van der Waals surface area contributed by atoms with E-state index >= 15 is 0 Å². The summed E-state index contributed by atoms with van der Waals surface area (Å²) in [6, 6.07) is 4.58. The summed E-state index contributed by atoms with van der Waals surface area (Å²) < 4.78 is 5.02. The van der Waals surface area contributed by atoms with Gasteiger partial charge in [0.2, 0.25) is 0 Å². The summed E-state index contributed by atoms with van der Waals surface area (Å²) in [5.74, 6) is -0.395. The molecule has 0 radical (unpaired) electrons. The number of carboxylic acid groups (broad SMARTS) is 1. The molecule has 132 valence electrons. The highest BCUT2D eigenvalue weighted by Crippen LogP contribution is 2.40. The molecule has 0 bridgehead atoms. The van der Waals surface area contributed by atoms with Gasteiger partial charge in [0.05, 0.1) is 11.0 Å². The Balaban J connectivity index is 2.17. The van der Waals surface area contributed by atoms with Crippen LogP contribution < -0.4 is 10.1 Å². The largest absolute Gasteiger partial charge is 0.482 e. The van der Waals surface area contributed by atoms with Gasteiger partial charge >= 0.3 is 5.97 Å². The molecule has 2 unspecified atom stereocenters. The third-order valence-corrected chi connectivity index (χ3v) is 4.27. The molecule has 2 atom stereocenters. The van der Waals surface area contributed by atoms with Gasteiger partial charge in [0.25, 0.3) is 5.69 Å². The first-order chi connectivity index (χ1) is 11.2. The third-order valence-electron chi connectivity index (χ3n) is 4.27. The molecule has 7 nitrogen and oxygen atoms in total. The molecular weight excluding hydrogens is 312 g/mol. The molecule has 0 aromatic heterocycles. The first-order valence-electron chi connectivity index (χ1n) is 8.06. The van der Waals surface area contributed by atoms with E-state index in [-0.39, 0.29) is 22.9 Å². The van der Waals surface area contributed by atoms with Crippen molar-refractivity contribution < 1.29 is 19.6 Å². The van der Waals surface area contributed by atoms with Crippen molar-refractivity contribution in [1.29, 1.82) is 0 Å². The molecule has 0 spiro atoms. The van der Waals surface area contributed by atoms with Crippen LogP contribution in [0.4, 0.5) is 11.4 Å². The van der Waals surface area contributed by atoms with Crippen molar-refractivity contribution in [2.75, 3.05) is 11.9 Å². The van der Waals surface area contributed by atoms with Crippen LogP contribution in [0.5, 0.6) is 5.75 Å². The number of nitrogens with one attached hydrogen (secondary N) is 1. The lowest BCUT2D eigenvalue weighted by atomic mass is 9.70. The number of ether oxygens (including phenoxy) is 1. The minimum absolute atomic E-state index is 0.103. The molecule has 1 aromatic carbocycles. The van der Waals surface area contributed by atoms with E-state index in [1.54, 1.807) is 12.1 Å². The second-order valence-electron chi connectivity index (χ2n) is 7.37. The van der Waals surface area contributed by atoms with E-state index in [9.17, 15) is 14.9 Å². The van der Waals surface area contributed by atoms with Crippen LogP contribution in [0.25, 0.3) is 0 Å². The Kier molecular flexibility index (Phi) is 5.31. The van der Waals surface area contributed by atoms with Crippen LogP contribution >= 0.6 is 0 Å². The van der Waals surface area contributed by atoms with Gasteiger partial charge in [-0.05, 0) is 42.7 Å². The number of nitrogens with zero attached hydrogens (tertiary/aromatic N) is 1. The highest BCUT2D eigenvalue weighted by molar-refractivity contribution is 5.69. The van der Waals surface area contributed by atoms with Crippen molar-refractivity contribution in [3.05, 3.63) is 28.3 Å². The van der Waals surface area contributed by atoms with Crippen molar-refractivity contribution in [2.45, 2.75) is 46.1 Å². The minimum atomic E-state index is -1.13. The first-order valence-corrected chi connectivity index (χ1v) is 8.06. The zero-order valence-electron chi connectivity index (χ0n) is 14.2. The predicted molar refractivity (Wildman–Crippen MR) is 90.4 cm³/mol. The smallest absolute Gasteiger partial charge is 0.341 e. The summed E-state index contributed by atoms with van der Waals surface area (Å²) >= 11 is 0. The summed E-state index contributed by atoms with van der Waals surface area (Å²) in [5, 5.41) is 23.3. The zero-order chi connectivity index (χ0) is 17.9. The number of hydrogen-bond donors (Lipinski definition) is 2. The number of nitro benzene ring substituents is 1. The Hall–Kier alpha value is -2.31. The molecule has 1 aliphatic carbocycles. The quantitative estimate of drug-likeness (QED) is 0.607. The molecule has 0 saturated heterocycles. The average Bonchev–Trinajstić information content (AvgIpc) is 2.43. The minimum Gasteiger partial charge on any atom is -0.482 e.